The molecule has 0 radical (unpaired) electrons. The summed E-state index contributed by atoms with van der Waals surface area (Å²) in [4.78, 5) is 23.4. The molecule has 0 spiro atoms. The summed E-state index contributed by atoms with van der Waals surface area (Å²) in [6.45, 7) is 4.16. The van der Waals surface area contributed by atoms with Crippen LogP contribution in [0.25, 0.3) is 0 Å². The maximum Gasteiger partial charge on any atom is 0.313 e. The number of nitrogens with one attached hydrogen (secondary N) is 1. The van der Waals surface area contributed by atoms with Crippen LogP contribution in [-0.4, -0.2) is 36.2 Å². The molecule has 5 heteroatoms. The molecule has 1 amide bonds. The smallest absolute Gasteiger partial charge is 0.313 e. The number of amides is 1. The molecule has 102 valence electrons. The molecule has 1 aliphatic heterocycles. The van der Waals surface area contributed by atoms with E-state index in [4.69, 9.17) is 4.74 Å². The van der Waals surface area contributed by atoms with Crippen LogP contribution in [0, 0.1) is 17.3 Å². The maximum absolute atomic E-state index is 12.2. The highest BCUT2D eigenvalue weighted by Gasteiger charge is 2.48. The number of ether oxygens (including phenoxy) is 1. The maximum atomic E-state index is 12.2. The fraction of sp³-hybridized carbons (Fsp3) is 0.846. The van der Waals surface area contributed by atoms with E-state index in [0.29, 0.717) is 5.92 Å². The zero-order valence-corrected chi connectivity index (χ0v) is 10.9. The monoisotopic (exact) mass is 255 g/mol. The molecule has 5 nitrogen and oxygen atoms in total. The highest BCUT2D eigenvalue weighted by Crippen LogP contribution is 2.33. The van der Waals surface area contributed by atoms with Crippen molar-refractivity contribution in [2.75, 3.05) is 13.2 Å². The Hall–Kier alpha value is -1.10. The van der Waals surface area contributed by atoms with E-state index in [1.807, 2.05) is 0 Å². The van der Waals surface area contributed by atoms with Gasteiger partial charge in [0.1, 0.15) is 5.41 Å². The summed E-state index contributed by atoms with van der Waals surface area (Å²) in [7, 11) is 0. The van der Waals surface area contributed by atoms with Crippen LogP contribution >= 0.6 is 0 Å². The van der Waals surface area contributed by atoms with E-state index in [-0.39, 0.29) is 25.0 Å². The van der Waals surface area contributed by atoms with Crippen LogP contribution in [0.4, 0.5) is 0 Å². The first-order valence-corrected chi connectivity index (χ1v) is 6.56. The minimum Gasteiger partial charge on any atom is -0.481 e. The quantitative estimate of drug-likeness (QED) is 0.789. The van der Waals surface area contributed by atoms with Crippen molar-refractivity contribution < 1.29 is 19.4 Å². The first-order valence-electron chi connectivity index (χ1n) is 6.56. The summed E-state index contributed by atoms with van der Waals surface area (Å²) in [5, 5.41) is 12.1. The normalized spacial score (nSPS) is 39.8. The van der Waals surface area contributed by atoms with Crippen LogP contribution in [0.15, 0.2) is 0 Å². The minimum absolute atomic E-state index is 0.0111. The van der Waals surface area contributed by atoms with Crippen molar-refractivity contribution in [3.05, 3.63) is 0 Å². The molecule has 0 aromatic rings. The third kappa shape index (κ3) is 2.23. The van der Waals surface area contributed by atoms with Gasteiger partial charge in [-0.15, -0.1) is 0 Å². The van der Waals surface area contributed by atoms with Crippen LogP contribution in [0.2, 0.25) is 0 Å². The van der Waals surface area contributed by atoms with Gasteiger partial charge in [-0.2, -0.15) is 0 Å². The Morgan fingerprint density at radius 3 is 2.67 bits per heavy atom. The Bertz CT molecular complexity index is 357. The van der Waals surface area contributed by atoms with Crippen LogP contribution in [0.5, 0.6) is 0 Å². The van der Waals surface area contributed by atoms with Crippen molar-refractivity contribution in [2.45, 2.75) is 39.2 Å². The minimum atomic E-state index is -1.00. The van der Waals surface area contributed by atoms with Gasteiger partial charge in [-0.25, -0.2) is 0 Å². The van der Waals surface area contributed by atoms with Gasteiger partial charge in [0.05, 0.1) is 19.3 Å². The third-order valence-electron chi connectivity index (χ3n) is 4.46. The molecule has 2 N–H and O–H groups in total. The number of carboxylic acids is 1. The van der Waals surface area contributed by atoms with Crippen LogP contribution in [0.1, 0.15) is 33.1 Å². The molecule has 1 aliphatic carbocycles. The average molecular weight is 255 g/mol. The third-order valence-corrected chi connectivity index (χ3v) is 4.46. The molecular weight excluding hydrogens is 234 g/mol. The van der Waals surface area contributed by atoms with E-state index in [9.17, 15) is 14.7 Å². The second-order valence-electron chi connectivity index (χ2n) is 5.81. The predicted molar refractivity (Wildman–Crippen MR) is 65.0 cm³/mol. The Labute approximate surface area is 107 Å². The lowest BCUT2D eigenvalue weighted by atomic mass is 9.85. The van der Waals surface area contributed by atoms with E-state index in [1.165, 1.54) is 0 Å². The van der Waals surface area contributed by atoms with Crippen molar-refractivity contribution in [2.24, 2.45) is 17.3 Å². The number of carboxylic acid groups (broad SMARTS) is 1. The first kappa shape index (κ1) is 13.3. The van der Waals surface area contributed by atoms with Crippen molar-refractivity contribution in [3.63, 3.8) is 0 Å². The molecule has 2 fully saturated rings. The number of rotatable bonds is 3. The molecule has 18 heavy (non-hydrogen) atoms. The summed E-state index contributed by atoms with van der Waals surface area (Å²) >= 11 is 0. The fourth-order valence-electron chi connectivity index (χ4n) is 2.90. The van der Waals surface area contributed by atoms with Crippen molar-refractivity contribution in [3.8, 4) is 0 Å². The second kappa shape index (κ2) is 4.88. The number of hydrogen-bond donors (Lipinski definition) is 2. The van der Waals surface area contributed by atoms with Crippen LogP contribution in [0.3, 0.4) is 0 Å². The number of carbonyl (C=O) groups excluding carboxylic acids is 1. The van der Waals surface area contributed by atoms with Crippen molar-refractivity contribution in [1.29, 1.82) is 0 Å². The molecule has 0 aromatic heterocycles. The Balaban J connectivity index is 2.00. The van der Waals surface area contributed by atoms with Gasteiger partial charge in [-0.1, -0.05) is 13.3 Å². The lowest BCUT2D eigenvalue weighted by Crippen LogP contribution is -2.51. The second-order valence-corrected chi connectivity index (χ2v) is 5.81. The largest absolute Gasteiger partial charge is 0.481 e. The van der Waals surface area contributed by atoms with Crippen molar-refractivity contribution >= 4 is 11.9 Å². The van der Waals surface area contributed by atoms with Gasteiger partial charge in [0.15, 0.2) is 0 Å². The lowest BCUT2D eigenvalue weighted by Gasteiger charge is -2.27. The van der Waals surface area contributed by atoms with Gasteiger partial charge in [-0.05, 0) is 25.7 Å². The highest BCUT2D eigenvalue weighted by atomic mass is 16.5. The summed E-state index contributed by atoms with van der Waals surface area (Å²) in [6.07, 6.45) is 3.07. The Morgan fingerprint density at radius 1 is 1.39 bits per heavy atom. The summed E-state index contributed by atoms with van der Waals surface area (Å²) in [6, 6.07) is -0.421. The zero-order valence-electron chi connectivity index (χ0n) is 10.9. The van der Waals surface area contributed by atoms with Crippen LogP contribution in [-0.2, 0) is 14.3 Å². The van der Waals surface area contributed by atoms with E-state index in [2.05, 4.69) is 12.2 Å². The Morgan fingerprint density at radius 2 is 2.11 bits per heavy atom. The molecule has 2 aliphatic rings. The van der Waals surface area contributed by atoms with E-state index < -0.39 is 17.4 Å². The van der Waals surface area contributed by atoms with E-state index in [0.717, 1.165) is 19.3 Å². The van der Waals surface area contributed by atoms with Crippen LogP contribution < -0.4 is 5.32 Å². The molecule has 1 saturated carbocycles. The van der Waals surface area contributed by atoms with Gasteiger partial charge < -0.3 is 15.2 Å². The number of hydrogen-bond acceptors (Lipinski definition) is 3. The average Bonchev–Trinajstić information content (AvgIpc) is 2.87. The predicted octanol–water partition coefficient (Wildman–Crippen LogP) is 1.03. The molecule has 2 rings (SSSR count). The first-order chi connectivity index (χ1) is 8.45. The van der Waals surface area contributed by atoms with Gasteiger partial charge >= 0.3 is 5.97 Å². The van der Waals surface area contributed by atoms with Crippen molar-refractivity contribution in [1.82, 2.24) is 5.32 Å². The zero-order chi connectivity index (χ0) is 13.3. The molecule has 1 heterocycles. The molecule has 4 unspecified atom stereocenters. The van der Waals surface area contributed by atoms with Gasteiger partial charge in [0.2, 0.25) is 5.91 Å². The summed E-state index contributed by atoms with van der Waals surface area (Å²) in [5.41, 5.74) is -1.00. The number of carbonyl (C=O) groups is 2. The Kier molecular flexibility index (Phi) is 3.61. The van der Waals surface area contributed by atoms with E-state index >= 15 is 0 Å². The van der Waals surface area contributed by atoms with Gasteiger partial charge in [0.25, 0.3) is 0 Å². The molecule has 0 bridgehead atoms. The van der Waals surface area contributed by atoms with Gasteiger partial charge in [-0.3, -0.25) is 9.59 Å². The molecule has 0 aromatic carbocycles. The van der Waals surface area contributed by atoms with Gasteiger partial charge in [0, 0.05) is 5.92 Å². The lowest BCUT2D eigenvalue weighted by molar-refractivity contribution is -0.149. The SMILES string of the molecule is CC1CCCC1C(=O)NC1COCC1(C)C(=O)O. The number of aliphatic carboxylic acids is 1. The topological polar surface area (TPSA) is 75.6 Å². The molecule has 4 atom stereocenters. The van der Waals surface area contributed by atoms with E-state index in [1.54, 1.807) is 6.92 Å². The molecular formula is C13H21NO4. The highest BCUT2D eigenvalue weighted by molar-refractivity contribution is 5.82. The molecule has 1 saturated heterocycles. The fourth-order valence-corrected chi connectivity index (χ4v) is 2.90. The summed E-state index contributed by atoms with van der Waals surface area (Å²) < 4.78 is 5.23. The summed E-state index contributed by atoms with van der Waals surface area (Å²) in [5.74, 6) is -0.500. The standard InChI is InChI=1S/C13H21NO4/c1-8-4-3-5-9(8)11(15)14-10-6-18-7-13(10,2)12(16)17/h8-10H,3-7H2,1-2H3,(H,14,15)(H,16,17).